The summed E-state index contributed by atoms with van der Waals surface area (Å²) in [5.74, 6) is -0.708. The van der Waals surface area contributed by atoms with E-state index in [4.69, 9.17) is 19.7 Å². The molecule has 0 aromatic heterocycles. The molecule has 2 aliphatic heterocycles. The maximum Gasteiger partial charge on any atom is 0.230 e. The largest absolute Gasteiger partial charge is 0.693 e. The van der Waals surface area contributed by atoms with Crippen molar-refractivity contribution in [1.29, 1.82) is 0 Å². The number of hydrogen-bond donors (Lipinski definition) is 10. The average molecular weight is 519 g/mol. The first-order valence-electron chi connectivity index (χ1n) is 10.1. The van der Waals surface area contributed by atoms with Crippen LogP contribution in [0.3, 0.4) is 0 Å². The van der Waals surface area contributed by atoms with E-state index in [2.05, 4.69) is 35.9 Å². The van der Waals surface area contributed by atoms with Gasteiger partial charge >= 0.3 is 0 Å². The number of aliphatic hydroxyl groups is 6. The van der Waals surface area contributed by atoms with Gasteiger partial charge in [0.1, 0.15) is 36.6 Å². The number of aliphatic hydroxyl groups excluding tert-OH is 6. The molecule has 196 valence electrons. The molecule has 4 unspecified atom stereocenters. The van der Waals surface area contributed by atoms with Gasteiger partial charge in [0.15, 0.2) is 0 Å². The number of ether oxygens (including phenoxy) is 2. The lowest BCUT2D eigenvalue weighted by molar-refractivity contribution is -0.190. The third-order valence-electron chi connectivity index (χ3n) is 5.29. The van der Waals surface area contributed by atoms with Crippen LogP contribution in [-0.2, 0) is 19.1 Å². The minimum absolute atomic E-state index is 0. The molecule has 0 saturated carbocycles. The van der Waals surface area contributed by atoms with Crippen molar-refractivity contribution < 1.29 is 49.7 Å². The molecule has 2 fully saturated rings. The predicted molar refractivity (Wildman–Crippen MR) is 124 cm³/mol. The monoisotopic (exact) mass is 518 g/mol. The van der Waals surface area contributed by atoms with Crippen molar-refractivity contribution in [3.8, 4) is 0 Å². The number of amides is 2. The first kappa shape index (κ1) is 32.3. The summed E-state index contributed by atoms with van der Waals surface area (Å²) in [5, 5.41) is 61.6. The Morgan fingerprint density at radius 3 is 1.27 bits per heavy atom. The zero-order valence-electron chi connectivity index (χ0n) is 18.4. The van der Waals surface area contributed by atoms with E-state index in [0.29, 0.717) is 0 Å². The van der Waals surface area contributed by atoms with Gasteiger partial charge in [0.25, 0.3) is 0 Å². The molecule has 2 saturated heterocycles. The van der Waals surface area contributed by atoms with E-state index in [9.17, 15) is 30.0 Å². The molecule has 2 aliphatic rings. The number of nitrogens with two attached hydrogens (primary N) is 1. The lowest BCUT2D eigenvalue weighted by Gasteiger charge is -2.41. The van der Waals surface area contributed by atoms with Gasteiger partial charge < -0.3 is 56.9 Å². The second-order valence-electron chi connectivity index (χ2n) is 7.59. The molecule has 0 aromatic carbocycles. The number of nitrogens with one attached hydrogen (secondary N) is 2. The highest BCUT2D eigenvalue weighted by molar-refractivity contribution is 7.81. The van der Waals surface area contributed by atoms with Gasteiger partial charge in [0, 0.05) is 0 Å². The topological polar surface area (TPSA) is 232 Å². The maximum absolute atomic E-state index is 11.1. The van der Waals surface area contributed by atoms with Crippen molar-refractivity contribution in [3.63, 3.8) is 0 Å². The van der Waals surface area contributed by atoms with Gasteiger partial charge in [-0.15, -0.1) is 0 Å². The van der Waals surface area contributed by atoms with E-state index < -0.39 is 60.9 Å². The Bertz CT molecular complexity index is 558. The fourth-order valence-corrected chi connectivity index (χ4v) is 3.65. The van der Waals surface area contributed by atoms with Gasteiger partial charge in [0.05, 0.1) is 49.0 Å². The van der Waals surface area contributed by atoms with Crippen LogP contribution >= 0.6 is 25.3 Å². The summed E-state index contributed by atoms with van der Waals surface area (Å²) >= 11 is 7.59. The number of hydrogen-bond acceptors (Lipinski definition) is 12. The highest BCUT2D eigenvalue weighted by Crippen LogP contribution is 2.21. The van der Waals surface area contributed by atoms with Crippen molar-refractivity contribution in [2.24, 2.45) is 0 Å². The third-order valence-corrected chi connectivity index (χ3v) is 5.86. The molecule has 0 aliphatic carbocycles. The number of carbonyl (C=O) groups is 2. The molecule has 15 heteroatoms. The fraction of sp³-hybridized carbons (Fsp3) is 0.889. The molecule has 2 heterocycles. The van der Waals surface area contributed by atoms with Crippen LogP contribution in [0.25, 0.3) is 6.15 Å². The second kappa shape index (κ2) is 15.3. The molecule has 2 amide bonds. The van der Waals surface area contributed by atoms with Crippen LogP contribution in [-0.4, -0.2) is 128 Å². The van der Waals surface area contributed by atoms with E-state index in [1.807, 2.05) is 0 Å². The Morgan fingerprint density at radius 1 is 0.727 bits per heavy atom. The van der Waals surface area contributed by atoms with Gasteiger partial charge in [-0.05, 0) is 13.8 Å². The van der Waals surface area contributed by atoms with Crippen LogP contribution in [0.15, 0.2) is 0 Å². The first-order valence-corrected chi connectivity index (χ1v) is 11.3. The third kappa shape index (κ3) is 8.78. The molecule has 0 radical (unpaired) electrons. The van der Waals surface area contributed by atoms with Gasteiger partial charge in [-0.1, -0.05) is 0 Å². The molecular weight excluding hydrogens is 482 g/mol. The Labute approximate surface area is 203 Å². The Hall–Kier alpha value is -0.720. The highest BCUT2D eigenvalue weighted by atomic mass is 32.1. The number of carbonyl (C=O) groups excluding carboxylic acids is 2. The second-order valence-corrected chi connectivity index (χ2v) is 8.22. The van der Waals surface area contributed by atoms with Crippen molar-refractivity contribution in [1.82, 2.24) is 10.6 Å². The zero-order chi connectivity index (χ0) is 24.6. The Kier molecular flexibility index (Phi) is 15.0. The van der Waals surface area contributed by atoms with Crippen LogP contribution in [0.4, 0.5) is 0 Å². The van der Waals surface area contributed by atoms with E-state index in [1.165, 1.54) is 0 Å². The molecular formula is C18H36N3O10S2-. The van der Waals surface area contributed by atoms with Crippen LogP contribution in [0.2, 0.25) is 0 Å². The molecule has 0 bridgehead atoms. The normalized spacial score (nSPS) is 38.2. The summed E-state index contributed by atoms with van der Waals surface area (Å²) in [4.78, 5) is 22.3. The summed E-state index contributed by atoms with van der Waals surface area (Å²) in [6, 6.07) is -1.39. The molecule has 13 nitrogen and oxygen atoms in total. The fourth-order valence-electron chi connectivity index (χ4n) is 3.47. The number of thiol groups is 2. The molecule has 10 atom stereocenters. The average Bonchev–Trinajstić information content (AvgIpc) is 2.78. The van der Waals surface area contributed by atoms with E-state index >= 15 is 0 Å². The standard InChI is InChI=1S/2C9H17NO5S.H2N/c2*1-4-7(10-6(12)3-16)9(14)8(13)5(2-11)15-4;/h2*4-5,7-9,11,13-14,16H,2-3H2,1H3,(H,10,12);1H2/q;;-1/t2*4-,5?,7?,8+,9-;/m11./s1. The molecule has 0 spiro atoms. The van der Waals surface area contributed by atoms with Crippen LogP contribution in [0, 0.1) is 0 Å². The minimum atomic E-state index is -1.22. The zero-order valence-corrected chi connectivity index (χ0v) is 20.2. The van der Waals surface area contributed by atoms with Gasteiger partial charge in [-0.25, -0.2) is 0 Å². The molecule has 0 aromatic rings. The Balaban J connectivity index is 0.000000602. The van der Waals surface area contributed by atoms with Gasteiger partial charge in [-0.2, -0.15) is 25.3 Å². The van der Waals surface area contributed by atoms with Gasteiger partial charge in [0.2, 0.25) is 11.8 Å². The summed E-state index contributed by atoms with van der Waals surface area (Å²) in [5.41, 5.74) is 0. The van der Waals surface area contributed by atoms with Crippen molar-refractivity contribution in [3.05, 3.63) is 6.15 Å². The minimum Gasteiger partial charge on any atom is -0.693 e. The molecule has 2 rings (SSSR count). The molecule has 33 heavy (non-hydrogen) atoms. The maximum atomic E-state index is 11.1. The summed E-state index contributed by atoms with van der Waals surface area (Å²) in [6.45, 7) is 2.55. The number of rotatable bonds is 6. The Morgan fingerprint density at radius 2 is 1.03 bits per heavy atom. The van der Waals surface area contributed by atoms with Crippen molar-refractivity contribution in [2.45, 2.75) is 74.8 Å². The SMILES string of the molecule is C[C@H]1OC(CO)[C@H](O)[C@H](O)C1NC(=O)CS.C[C@H]1OC(CO)[C@H](O)[C@H](O)C1NC(=O)CS.[NH2-]. The van der Waals surface area contributed by atoms with Crippen LogP contribution in [0.1, 0.15) is 13.8 Å². The predicted octanol–water partition coefficient (Wildman–Crippen LogP) is -3.48. The van der Waals surface area contributed by atoms with Crippen LogP contribution in [0.5, 0.6) is 0 Å². The van der Waals surface area contributed by atoms with E-state index in [-0.39, 0.29) is 42.7 Å². The highest BCUT2D eigenvalue weighted by Gasteiger charge is 2.43. The smallest absolute Gasteiger partial charge is 0.230 e. The lowest BCUT2D eigenvalue weighted by Crippen LogP contribution is -2.63. The van der Waals surface area contributed by atoms with E-state index in [1.54, 1.807) is 13.8 Å². The lowest BCUT2D eigenvalue weighted by atomic mass is 9.93. The van der Waals surface area contributed by atoms with Crippen molar-refractivity contribution in [2.75, 3.05) is 24.7 Å². The summed E-state index contributed by atoms with van der Waals surface area (Å²) in [6.07, 6.45) is -7.38. The van der Waals surface area contributed by atoms with Crippen LogP contribution < -0.4 is 10.6 Å². The molecule has 10 N–H and O–H groups in total. The van der Waals surface area contributed by atoms with E-state index in [0.717, 1.165) is 0 Å². The quantitative estimate of drug-likeness (QED) is 0.156. The van der Waals surface area contributed by atoms with Gasteiger partial charge in [-0.3, -0.25) is 9.59 Å². The van der Waals surface area contributed by atoms with Crippen molar-refractivity contribution >= 4 is 37.1 Å². The first-order chi connectivity index (χ1) is 15.0. The summed E-state index contributed by atoms with van der Waals surface area (Å²) < 4.78 is 10.6. The summed E-state index contributed by atoms with van der Waals surface area (Å²) in [7, 11) is 0.